The van der Waals surface area contributed by atoms with Gasteiger partial charge in [-0.05, 0) is 43.0 Å². The number of nitrogen functional groups attached to an aromatic ring is 1. The topological polar surface area (TPSA) is 72.2 Å². The molecule has 0 aliphatic rings. The third-order valence-electron chi connectivity index (χ3n) is 3.59. The van der Waals surface area contributed by atoms with Gasteiger partial charge in [-0.15, -0.1) is 0 Å². The van der Waals surface area contributed by atoms with Crippen LogP contribution in [0.5, 0.6) is 0 Å². The number of benzene rings is 2. The molecule has 0 saturated carbocycles. The van der Waals surface area contributed by atoms with Crippen molar-refractivity contribution < 1.29 is 8.42 Å². The molecule has 0 aliphatic carbocycles. The second-order valence-corrected chi connectivity index (χ2v) is 6.90. The van der Waals surface area contributed by atoms with Crippen LogP contribution in [0.3, 0.4) is 0 Å². The Balaban J connectivity index is 2.32. The van der Waals surface area contributed by atoms with Crippen LogP contribution in [0.2, 0.25) is 0 Å². The fraction of sp³-hybridized carbons (Fsp3) is 0.250. The molecular weight excluding hydrogens is 284 g/mol. The molecule has 0 atom stereocenters. The number of aryl methyl sites for hydroxylation is 3. The molecule has 0 aromatic heterocycles. The number of anilines is 1. The van der Waals surface area contributed by atoms with Gasteiger partial charge in [-0.3, -0.25) is 0 Å². The van der Waals surface area contributed by atoms with Crippen molar-refractivity contribution >= 4 is 15.7 Å². The predicted octanol–water partition coefficient (Wildman–Crippen LogP) is 2.67. The lowest BCUT2D eigenvalue weighted by molar-refractivity contribution is 0.581. The predicted molar refractivity (Wildman–Crippen MR) is 85.5 cm³/mol. The van der Waals surface area contributed by atoms with Crippen LogP contribution in [-0.2, 0) is 16.6 Å². The van der Waals surface area contributed by atoms with E-state index in [1.165, 1.54) is 0 Å². The van der Waals surface area contributed by atoms with E-state index in [0.29, 0.717) is 11.3 Å². The van der Waals surface area contributed by atoms with Gasteiger partial charge in [0.05, 0.1) is 5.69 Å². The average molecular weight is 304 g/mol. The van der Waals surface area contributed by atoms with Gasteiger partial charge in [0, 0.05) is 6.54 Å². The van der Waals surface area contributed by atoms with Gasteiger partial charge in [-0.2, -0.15) is 0 Å². The zero-order chi connectivity index (χ0) is 15.6. The first kappa shape index (κ1) is 15.5. The van der Waals surface area contributed by atoms with Crippen LogP contribution < -0.4 is 10.5 Å². The lowest BCUT2D eigenvalue weighted by Crippen LogP contribution is -2.25. The Labute approximate surface area is 126 Å². The van der Waals surface area contributed by atoms with E-state index in [0.717, 1.165) is 16.7 Å². The Morgan fingerprint density at radius 2 is 1.57 bits per heavy atom. The highest BCUT2D eigenvalue weighted by Crippen LogP contribution is 2.25. The van der Waals surface area contributed by atoms with Crippen molar-refractivity contribution in [2.24, 2.45) is 0 Å². The van der Waals surface area contributed by atoms with Gasteiger partial charge in [0.2, 0.25) is 10.0 Å². The zero-order valence-electron chi connectivity index (χ0n) is 12.5. The Morgan fingerprint density at radius 3 is 2.24 bits per heavy atom. The van der Waals surface area contributed by atoms with E-state index in [1.807, 2.05) is 37.3 Å². The Hall–Kier alpha value is -1.85. The van der Waals surface area contributed by atoms with E-state index in [2.05, 4.69) is 4.72 Å². The van der Waals surface area contributed by atoms with E-state index in [1.54, 1.807) is 19.9 Å². The number of hydrogen-bond donors (Lipinski definition) is 2. The van der Waals surface area contributed by atoms with Gasteiger partial charge in [-0.1, -0.05) is 36.4 Å². The summed E-state index contributed by atoms with van der Waals surface area (Å²) in [7, 11) is -3.63. The minimum Gasteiger partial charge on any atom is -0.397 e. The fourth-order valence-electron chi connectivity index (χ4n) is 2.22. The average Bonchev–Trinajstić information content (AvgIpc) is 2.42. The minimum atomic E-state index is -3.63. The number of rotatable bonds is 4. The summed E-state index contributed by atoms with van der Waals surface area (Å²) in [6.07, 6.45) is 0. The van der Waals surface area contributed by atoms with Crippen LogP contribution in [-0.4, -0.2) is 8.42 Å². The highest BCUT2D eigenvalue weighted by atomic mass is 32.2. The van der Waals surface area contributed by atoms with Crippen molar-refractivity contribution in [3.63, 3.8) is 0 Å². The zero-order valence-corrected chi connectivity index (χ0v) is 13.3. The first-order chi connectivity index (χ1) is 9.83. The standard InChI is InChI=1S/C16H20N2O2S/c1-11-6-4-5-7-14(11)10-18-21(19,20)16-13(3)9-8-12(2)15(16)17/h4-9,18H,10,17H2,1-3H3. The van der Waals surface area contributed by atoms with Gasteiger partial charge in [-0.25, -0.2) is 13.1 Å². The fourth-order valence-corrected chi connectivity index (χ4v) is 3.65. The van der Waals surface area contributed by atoms with Crippen LogP contribution in [0.1, 0.15) is 22.3 Å². The van der Waals surface area contributed by atoms with Gasteiger partial charge < -0.3 is 5.73 Å². The van der Waals surface area contributed by atoms with Gasteiger partial charge >= 0.3 is 0 Å². The molecule has 4 nitrogen and oxygen atoms in total. The summed E-state index contributed by atoms with van der Waals surface area (Å²) in [6.45, 7) is 5.75. The largest absolute Gasteiger partial charge is 0.397 e. The van der Waals surface area contributed by atoms with Crippen LogP contribution in [0.15, 0.2) is 41.3 Å². The quantitative estimate of drug-likeness (QED) is 0.853. The highest BCUT2D eigenvalue weighted by Gasteiger charge is 2.21. The summed E-state index contributed by atoms with van der Waals surface area (Å²) in [5.41, 5.74) is 9.67. The summed E-state index contributed by atoms with van der Waals surface area (Å²) >= 11 is 0. The van der Waals surface area contributed by atoms with Crippen LogP contribution in [0.25, 0.3) is 0 Å². The number of sulfonamides is 1. The monoisotopic (exact) mass is 304 g/mol. The molecule has 3 N–H and O–H groups in total. The molecule has 2 aromatic rings. The lowest BCUT2D eigenvalue weighted by Gasteiger charge is -2.14. The van der Waals surface area contributed by atoms with E-state index < -0.39 is 10.0 Å². The van der Waals surface area contributed by atoms with Crippen molar-refractivity contribution in [2.75, 3.05) is 5.73 Å². The first-order valence-corrected chi connectivity index (χ1v) is 8.21. The molecule has 112 valence electrons. The Kier molecular flexibility index (Phi) is 4.34. The van der Waals surface area contributed by atoms with E-state index in [9.17, 15) is 8.42 Å². The van der Waals surface area contributed by atoms with Crippen LogP contribution >= 0.6 is 0 Å². The molecule has 0 fully saturated rings. The summed E-state index contributed by atoms with van der Waals surface area (Å²) in [6, 6.07) is 11.3. The SMILES string of the molecule is Cc1ccccc1CNS(=O)(=O)c1c(C)ccc(C)c1N. The molecule has 0 unspecified atom stereocenters. The molecule has 5 heteroatoms. The molecule has 0 aliphatic heterocycles. The molecule has 21 heavy (non-hydrogen) atoms. The van der Waals surface area contributed by atoms with Crippen molar-refractivity contribution in [1.82, 2.24) is 4.72 Å². The van der Waals surface area contributed by atoms with Gasteiger partial charge in [0.1, 0.15) is 4.90 Å². The van der Waals surface area contributed by atoms with Crippen molar-refractivity contribution in [1.29, 1.82) is 0 Å². The maximum Gasteiger partial charge on any atom is 0.243 e. The number of hydrogen-bond acceptors (Lipinski definition) is 3. The maximum atomic E-state index is 12.5. The minimum absolute atomic E-state index is 0.177. The smallest absolute Gasteiger partial charge is 0.243 e. The molecule has 2 rings (SSSR count). The van der Waals surface area contributed by atoms with E-state index in [4.69, 9.17) is 5.73 Å². The van der Waals surface area contributed by atoms with Crippen molar-refractivity contribution in [2.45, 2.75) is 32.2 Å². The number of nitrogens with one attached hydrogen (secondary N) is 1. The van der Waals surface area contributed by atoms with E-state index >= 15 is 0 Å². The van der Waals surface area contributed by atoms with Crippen molar-refractivity contribution in [3.8, 4) is 0 Å². The van der Waals surface area contributed by atoms with Crippen LogP contribution in [0, 0.1) is 20.8 Å². The summed E-state index contributed by atoms with van der Waals surface area (Å²) in [5.74, 6) is 0. The second kappa shape index (κ2) is 5.87. The van der Waals surface area contributed by atoms with E-state index in [-0.39, 0.29) is 11.4 Å². The molecule has 2 aromatic carbocycles. The summed E-state index contributed by atoms with van der Waals surface area (Å²) in [4.78, 5) is 0.177. The highest BCUT2D eigenvalue weighted by molar-refractivity contribution is 7.89. The third kappa shape index (κ3) is 3.25. The van der Waals surface area contributed by atoms with Crippen LogP contribution in [0.4, 0.5) is 5.69 Å². The molecule has 0 amide bonds. The van der Waals surface area contributed by atoms with Crippen molar-refractivity contribution in [3.05, 3.63) is 58.7 Å². The molecule has 0 bridgehead atoms. The molecule has 0 radical (unpaired) electrons. The molecule has 0 heterocycles. The third-order valence-corrected chi connectivity index (χ3v) is 5.20. The number of nitrogens with two attached hydrogens (primary N) is 1. The second-order valence-electron chi connectivity index (χ2n) is 5.19. The van der Waals surface area contributed by atoms with Gasteiger partial charge in [0.15, 0.2) is 0 Å². The molecule has 0 spiro atoms. The lowest BCUT2D eigenvalue weighted by atomic mass is 10.1. The molecule has 0 saturated heterocycles. The molecular formula is C16H20N2O2S. The summed E-state index contributed by atoms with van der Waals surface area (Å²) < 4.78 is 27.7. The first-order valence-electron chi connectivity index (χ1n) is 6.73. The van der Waals surface area contributed by atoms with Gasteiger partial charge in [0.25, 0.3) is 0 Å². The summed E-state index contributed by atoms with van der Waals surface area (Å²) in [5, 5.41) is 0. The Morgan fingerprint density at radius 1 is 0.952 bits per heavy atom. The Bertz CT molecular complexity index is 768. The normalized spacial score (nSPS) is 11.6. The maximum absolute atomic E-state index is 12.5.